The Bertz CT molecular complexity index is 1140. The molecule has 1 aromatic carbocycles. The molecule has 1 saturated carbocycles. The van der Waals surface area contributed by atoms with Gasteiger partial charge in [0.1, 0.15) is 11.3 Å². The number of phenols is 1. The first-order valence-electron chi connectivity index (χ1n) is 9.25. The number of carbonyl (C=O) groups is 4. The maximum absolute atomic E-state index is 13.4. The second-order valence-corrected chi connectivity index (χ2v) is 8.39. The summed E-state index contributed by atoms with van der Waals surface area (Å²) in [5, 5.41) is 43.4. The Hall–Kier alpha value is -3.08. The number of rotatable bonds is 1. The van der Waals surface area contributed by atoms with E-state index < -0.39 is 75.1 Å². The van der Waals surface area contributed by atoms with E-state index in [9.17, 15) is 39.6 Å². The van der Waals surface area contributed by atoms with Gasteiger partial charge in [-0.3, -0.25) is 19.2 Å². The number of amides is 1. The van der Waals surface area contributed by atoms with Crippen molar-refractivity contribution in [3.05, 3.63) is 40.7 Å². The smallest absolute Gasteiger partial charge is 0.256 e. The number of fused-ring (bicyclic) bond motifs is 2. The molecule has 0 aromatic heterocycles. The van der Waals surface area contributed by atoms with E-state index in [1.54, 1.807) is 0 Å². The quantitative estimate of drug-likeness (QED) is 0.282. The van der Waals surface area contributed by atoms with Gasteiger partial charge in [0.15, 0.2) is 22.9 Å². The maximum Gasteiger partial charge on any atom is 0.256 e. The molecule has 30 heavy (non-hydrogen) atoms. The number of ether oxygens (including phenoxy) is 1. The van der Waals surface area contributed by atoms with E-state index in [1.807, 2.05) is 0 Å². The number of primary amides is 1. The zero-order chi connectivity index (χ0) is 22.0. The number of benzene rings is 1. The minimum absolute atomic E-state index is 0.171. The molecule has 1 heterocycles. The third kappa shape index (κ3) is 1.72. The average Bonchev–Trinajstić information content (AvgIpc) is 2.66. The number of aliphatic hydroxyl groups excluding tert-OH is 1. The lowest BCUT2D eigenvalue weighted by atomic mass is 9.49. The molecule has 10 nitrogen and oxygen atoms in total. The summed E-state index contributed by atoms with van der Waals surface area (Å²) in [6.45, 7) is 1.47. The standard InChI is InChI=1S/C20H17NO9/c1-18-6-3-2-4-8(22)10(6)13(23)11-7(18)5-9-19(28,14(11)24)15(25)12(17(21)27)16(26)20(9,29)30-18/h2-4,7,9,11,22,26,28-29H,5H2,1H3,(H2,21,27)/t7-,9-,11+,18-,19+,20-/m1/s1. The third-order valence-corrected chi connectivity index (χ3v) is 7.10. The Balaban J connectivity index is 1.89. The first-order valence-corrected chi connectivity index (χ1v) is 9.25. The number of ketones is 3. The van der Waals surface area contributed by atoms with E-state index in [1.165, 1.54) is 25.1 Å². The van der Waals surface area contributed by atoms with Gasteiger partial charge in [0.2, 0.25) is 11.6 Å². The first-order chi connectivity index (χ1) is 13.9. The van der Waals surface area contributed by atoms with Crippen LogP contribution in [0.2, 0.25) is 0 Å². The van der Waals surface area contributed by atoms with Crippen molar-refractivity contribution < 1.29 is 44.3 Å². The summed E-state index contributed by atoms with van der Waals surface area (Å²) in [6, 6.07) is 4.15. The molecule has 6 N–H and O–H groups in total. The van der Waals surface area contributed by atoms with E-state index in [-0.39, 0.29) is 17.5 Å². The summed E-state index contributed by atoms with van der Waals surface area (Å²) in [4.78, 5) is 51.3. The van der Waals surface area contributed by atoms with Gasteiger partial charge in [0.05, 0.1) is 23.0 Å². The fraction of sp³-hybridized carbons (Fsp3) is 0.400. The van der Waals surface area contributed by atoms with Gasteiger partial charge in [-0.25, -0.2) is 0 Å². The molecule has 1 aliphatic heterocycles. The van der Waals surface area contributed by atoms with Crippen LogP contribution in [0.5, 0.6) is 5.75 Å². The topological polar surface area (TPSA) is 184 Å². The van der Waals surface area contributed by atoms with Gasteiger partial charge in [-0.1, -0.05) is 12.1 Å². The van der Waals surface area contributed by atoms with Crippen molar-refractivity contribution in [3.8, 4) is 5.75 Å². The van der Waals surface area contributed by atoms with Crippen molar-refractivity contribution in [1.29, 1.82) is 0 Å². The number of aromatic hydroxyl groups is 1. The van der Waals surface area contributed by atoms with Gasteiger partial charge in [0.25, 0.3) is 5.91 Å². The van der Waals surface area contributed by atoms with E-state index in [4.69, 9.17) is 10.5 Å². The van der Waals surface area contributed by atoms with Crippen molar-refractivity contribution in [2.24, 2.45) is 23.5 Å². The Kier molecular flexibility index (Phi) is 3.25. The molecule has 0 spiro atoms. The molecule has 156 valence electrons. The number of aliphatic hydroxyl groups is 3. The Morgan fingerprint density at radius 2 is 1.87 bits per heavy atom. The fourth-order valence-electron chi connectivity index (χ4n) is 5.72. The van der Waals surface area contributed by atoms with Crippen molar-refractivity contribution >= 4 is 23.3 Å². The molecular weight excluding hydrogens is 398 g/mol. The molecule has 2 bridgehead atoms. The van der Waals surface area contributed by atoms with E-state index in [0.717, 1.165) is 0 Å². The van der Waals surface area contributed by atoms with Crippen LogP contribution in [-0.2, 0) is 24.7 Å². The molecule has 1 aromatic rings. The largest absolute Gasteiger partial charge is 0.507 e. The average molecular weight is 415 g/mol. The highest BCUT2D eigenvalue weighted by Crippen LogP contribution is 2.64. The minimum atomic E-state index is -3.01. The lowest BCUT2D eigenvalue weighted by Crippen LogP contribution is -2.77. The Morgan fingerprint density at radius 3 is 2.50 bits per heavy atom. The highest BCUT2D eigenvalue weighted by Gasteiger charge is 2.77. The van der Waals surface area contributed by atoms with Crippen LogP contribution in [0.4, 0.5) is 0 Å². The fourth-order valence-corrected chi connectivity index (χ4v) is 5.72. The second-order valence-electron chi connectivity index (χ2n) is 8.39. The highest BCUT2D eigenvalue weighted by molar-refractivity contribution is 6.32. The van der Waals surface area contributed by atoms with Gasteiger partial charge in [-0.15, -0.1) is 0 Å². The molecule has 1 amide bonds. The molecule has 0 unspecified atom stereocenters. The molecule has 2 fully saturated rings. The zero-order valence-electron chi connectivity index (χ0n) is 15.6. The van der Waals surface area contributed by atoms with Gasteiger partial charge in [-0.2, -0.15) is 0 Å². The number of Topliss-reactive ketones (excluding diaryl/α,β-unsaturated/α-hetero) is 3. The first kappa shape index (κ1) is 18.9. The molecule has 3 aliphatic carbocycles. The predicted octanol–water partition coefficient (Wildman–Crippen LogP) is -1.04. The van der Waals surface area contributed by atoms with Crippen LogP contribution in [0.15, 0.2) is 29.5 Å². The maximum atomic E-state index is 13.4. The molecule has 5 rings (SSSR count). The SMILES string of the molecule is C[C@@]12O[C@@]3(O)C(O)=C(C(N)=O)C(=O)[C@@]4(O)C(=O)[C@H](C(=O)c5c(O)cccc51)[C@H]2C[C@H]43. The van der Waals surface area contributed by atoms with Gasteiger partial charge >= 0.3 is 0 Å². The monoisotopic (exact) mass is 415 g/mol. The minimum Gasteiger partial charge on any atom is -0.507 e. The van der Waals surface area contributed by atoms with Crippen LogP contribution in [0.3, 0.4) is 0 Å². The summed E-state index contributed by atoms with van der Waals surface area (Å²) in [7, 11) is 0. The molecule has 0 radical (unpaired) electrons. The third-order valence-electron chi connectivity index (χ3n) is 7.10. The van der Waals surface area contributed by atoms with Gasteiger partial charge < -0.3 is 30.9 Å². The van der Waals surface area contributed by atoms with Crippen LogP contribution in [0.1, 0.15) is 29.3 Å². The summed E-state index contributed by atoms with van der Waals surface area (Å²) in [6.07, 6.45) is -0.247. The van der Waals surface area contributed by atoms with Crippen LogP contribution < -0.4 is 5.73 Å². The normalized spacial score (nSPS) is 41.6. The molecule has 1 saturated heterocycles. The highest BCUT2D eigenvalue weighted by atomic mass is 16.7. The van der Waals surface area contributed by atoms with Crippen LogP contribution in [0, 0.1) is 17.8 Å². The molecule has 4 aliphatic rings. The number of nitrogens with two attached hydrogens (primary N) is 1. The Morgan fingerprint density at radius 1 is 1.20 bits per heavy atom. The summed E-state index contributed by atoms with van der Waals surface area (Å²) < 4.78 is 5.87. The zero-order valence-corrected chi connectivity index (χ0v) is 15.6. The summed E-state index contributed by atoms with van der Waals surface area (Å²) >= 11 is 0. The molecule has 6 atom stereocenters. The lowest BCUT2D eigenvalue weighted by molar-refractivity contribution is -0.356. The van der Waals surface area contributed by atoms with Gasteiger partial charge in [-0.05, 0) is 25.0 Å². The van der Waals surface area contributed by atoms with Crippen molar-refractivity contribution in [2.75, 3.05) is 0 Å². The van der Waals surface area contributed by atoms with Gasteiger partial charge in [0, 0.05) is 5.92 Å². The summed E-state index contributed by atoms with van der Waals surface area (Å²) in [5.41, 5.74) is -0.634. The lowest BCUT2D eigenvalue weighted by Gasteiger charge is -2.62. The van der Waals surface area contributed by atoms with E-state index >= 15 is 0 Å². The van der Waals surface area contributed by atoms with Crippen LogP contribution in [0.25, 0.3) is 0 Å². The second kappa shape index (κ2) is 5.15. The number of hydrogen-bond acceptors (Lipinski definition) is 9. The molecule has 10 heteroatoms. The van der Waals surface area contributed by atoms with Crippen molar-refractivity contribution in [3.63, 3.8) is 0 Å². The van der Waals surface area contributed by atoms with Crippen molar-refractivity contribution in [2.45, 2.75) is 30.3 Å². The van der Waals surface area contributed by atoms with Crippen LogP contribution >= 0.6 is 0 Å². The summed E-state index contributed by atoms with van der Waals surface area (Å²) in [5.74, 6) is -13.6. The number of carbonyl (C=O) groups excluding carboxylic acids is 4. The number of phenolic OH excluding ortho intramolecular Hbond substituents is 1. The van der Waals surface area contributed by atoms with E-state index in [0.29, 0.717) is 0 Å². The number of hydrogen-bond donors (Lipinski definition) is 5. The van der Waals surface area contributed by atoms with E-state index in [2.05, 4.69) is 0 Å². The predicted molar refractivity (Wildman–Crippen MR) is 94.7 cm³/mol. The molecular formula is C20H17NO9. The van der Waals surface area contributed by atoms with Crippen molar-refractivity contribution in [1.82, 2.24) is 0 Å². The Labute approximate surface area is 168 Å². The van der Waals surface area contributed by atoms with Crippen LogP contribution in [-0.4, -0.2) is 55.1 Å².